The van der Waals surface area contributed by atoms with E-state index in [1.165, 1.54) is 0 Å². The monoisotopic (exact) mass is 247 g/mol. The first-order valence-electron chi connectivity index (χ1n) is 6.67. The van der Waals surface area contributed by atoms with Crippen LogP contribution in [0.3, 0.4) is 0 Å². The van der Waals surface area contributed by atoms with Crippen molar-refractivity contribution < 1.29 is 9.90 Å². The topological polar surface area (TPSA) is 50.2 Å². The quantitative estimate of drug-likeness (QED) is 0.892. The van der Waals surface area contributed by atoms with Crippen LogP contribution in [0.2, 0.25) is 0 Å². The van der Waals surface area contributed by atoms with Crippen molar-refractivity contribution in [2.45, 2.75) is 46.0 Å². The van der Waals surface area contributed by atoms with E-state index in [-0.39, 0.29) is 0 Å². The Kier molecular flexibility index (Phi) is 3.69. The highest BCUT2D eigenvalue weighted by Crippen LogP contribution is 2.41. The fourth-order valence-corrected chi connectivity index (χ4v) is 2.80. The molecule has 3 heteroatoms. The average Bonchev–Trinajstić information content (AvgIpc) is 2.35. The second-order valence-electron chi connectivity index (χ2n) is 5.71. The lowest BCUT2D eigenvalue weighted by molar-refractivity contribution is -0.151. The lowest BCUT2D eigenvalue weighted by atomic mass is 9.68. The van der Waals surface area contributed by atoms with E-state index in [9.17, 15) is 9.90 Å². The Balaban J connectivity index is 2.22. The number of rotatable bonds is 3. The van der Waals surface area contributed by atoms with Crippen LogP contribution in [-0.4, -0.2) is 16.1 Å². The molecule has 1 aliphatic carbocycles. The van der Waals surface area contributed by atoms with Gasteiger partial charge in [0.15, 0.2) is 0 Å². The molecule has 0 amide bonds. The van der Waals surface area contributed by atoms with Gasteiger partial charge >= 0.3 is 5.97 Å². The Morgan fingerprint density at radius 2 is 2.17 bits per heavy atom. The zero-order valence-electron chi connectivity index (χ0n) is 11.1. The van der Waals surface area contributed by atoms with Crippen molar-refractivity contribution in [2.24, 2.45) is 11.3 Å². The summed E-state index contributed by atoms with van der Waals surface area (Å²) in [6.07, 6.45) is 5.90. The predicted molar refractivity (Wildman–Crippen MR) is 70.4 cm³/mol. The molecule has 0 saturated heterocycles. The third-order valence-electron chi connectivity index (χ3n) is 4.31. The number of hydrogen-bond acceptors (Lipinski definition) is 2. The lowest BCUT2D eigenvalue weighted by Gasteiger charge is -2.35. The molecule has 0 aliphatic heterocycles. The summed E-state index contributed by atoms with van der Waals surface area (Å²) < 4.78 is 0. The molecule has 98 valence electrons. The van der Waals surface area contributed by atoms with E-state index >= 15 is 0 Å². The lowest BCUT2D eigenvalue weighted by Crippen LogP contribution is -2.37. The standard InChI is InChI=1S/C15H21NO2/c1-11-5-7-15(8-6-11,14(17)18)10-13-12(2)4-3-9-16-13/h3-4,9,11H,5-8,10H2,1-2H3,(H,17,18). The molecule has 2 rings (SSSR count). The molecule has 1 aromatic rings. The number of carboxylic acids is 1. The van der Waals surface area contributed by atoms with Crippen LogP contribution in [0.25, 0.3) is 0 Å². The third-order valence-corrected chi connectivity index (χ3v) is 4.31. The maximum absolute atomic E-state index is 11.7. The van der Waals surface area contributed by atoms with Gasteiger partial charge in [-0.25, -0.2) is 0 Å². The van der Waals surface area contributed by atoms with Crippen LogP contribution in [0.1, 0.15) is 43.9 Å². The molecule has 0 unspecified atom stereocenters. The number of pyridine rings is 1. The van der Waals surface area contributed by atoms with E-state index in [2.05, 4.69) is 11.9 Å². The van der Waals surface area contributed by atoms with E-state index in [4.69, 9.17) is 0 Å². The number of aromatic nitrogens is 1. The molecule has 1 heterocycles. The van der Waals surface area contributed by atoms with Crippen molar-refractivity contribution in [1.82, 2.24) is 4.98 Å². The molecule has 1 saturated carbocycles. The zero-order chi connectivity index (χ0) is 13.2. The summed E-state index contributed by atoms with van der Waals surface area (Å²) in [5.74, 6) is 0.00163. The Labute approximate surface area is 108 Å². The Morgan fingerprint density at radius 3 is 2.72 bits per heavy atom. The molecule has 18 heavy (non-hydrogen) atoms. The summed E-state index contributed by atoms with van der Waals surface area (Å²) in [7, 11) is 0. The normalized spacial score (nSPS) is 28.0. The molecule has 0 spiro atoms. The van der Waals surface area contributed by atoms with Gasteiger partial charge in [0.2, 0.25) is 0 Å². The van der Waals surface area contributed by atoms with Crippen molar-refractivity contribution in [3.05, 3.63) is 29.6 Å². The second kappa shape index (κ2) is 5.09. The summed E-state index contributed by atoms with van der Waals surface area (Å²) in [4.78, 5) is 16.0. The van der Waals surface area contributed by atoms with Crippen molar-refractivity contribution >= 4 is 5.97 Å². The Morgan fingerprint density at radius 1 is 1.50 bits per heavy atom. The highest BCUT2D eigenvalue weighted by molar-refractivity contribution is 5.75. The molecule has 1 aliphatic rings. The first-order chi connectivity index (χ1) is 8.53. The number of aryl methyl sites for hydroxylation is 1. The summed E-state index contributed by atoms with van der Waals surface area (Å²) in [6, 6.07) is 3.90. The van der Waals surface area contributed by atoms with Gasteiger partial charge in [0.1, 0.15) is 0 Å². The number of aliphatic carboxylic acids is 1. The first-order valence-corrected chi connectivity index (χ1v) is 6.67. The minimum Gasteiger partial charge on any atom is -0.481 e. The maximum Gasteiger partial charge on any atom is 0.310 e. The van der Waals surface area contributed by atoms with Gasteiger partial charge in [-0.1, -0.05) is 13.0 Å². The van der Waals surface area contributed by atoms with Crippen LogP contribution in [0.5, 0.6) is 0 Å². The molecule has 0 aromatic carbocycles. The highest BCUT2D eigenvalue weighted by atomic mass is 16.4. The zero-order valence-corrected chi connectivity index (χ0v) is 11.1. The van der Waals surface area contributed by atoms with Crippen molar-refractivity contribution in [1.29, 1.82) is 0 Å². The maximum atomic E-state index is 11.7. The minimum absolute atomic E-state index is 0.571. The van der Waals surface area contributed by atoms with Gasteiger partial charge in [0.05, 0.1) is 5.41 Å². The summed E-state index contributed by atoms with van der Waals surface area (Å²) >= 11 is 0. The van der Waals surface area contributed by atoms with E-state index in [1.54, 1.807) is 6.20 Å². The van der Waals surface area contributed by atoms with E-state index < -0.39 is 11.4 Å². The highest BCUT2D eigenvalue weighted by Gasteiger charge is 2.41. The van der Waals surface area contributed by atoms with Crippen LogP contribution < -0.4 is 0 Å². The van der Waals surface area contributed by atoms with Crippen molar-refractivity contribution in [2.75, 3.05) is 0 Å². The number of nitrogens with zero attached hydrogens (tertiary/aromatic N) is 1. The van der Waals surface area contributed by atoms with Gasteiger partial charge in [-0.3, -0.25) is 9.78 Å². The smallest absolute Gasteiger partial charge is 0.310 e. The van der Waals surface area contributed by atoms with E-state index in [0.717, 1.165) is 36.9 Å². The van der Waals surface area contributed by atoms with Gasteiger partial charge in [-0.2, -0.15) is 0 Å². The Hall–Kier alpha value is -1.38. The second-order valence-corrected chi connectivity index (χ2v) is 5.71. The fraction of sp³-hybridized carbons (Fsp3) is 0.600. The van der Waals surface area contributed by atoms with Gasteiger partial charge in [-0.05, 0) is 50.2 Å². The molecule has 3 nitrogen and oxygen atoms in total. The van der Waals surface area contributed by atoms with Gasteiger partial charge in [-0.15, -0.1) is 0 Å². The minimum atomic E-state index is -0.653. The molecule has 0 radical (unpaired) electrons. The van der Waals surface area contributed by atoms with Gasteiger partial charge in [0.25, 0.3) is 0 Å². The number of carboxylic acid groups (broad SMARTS) is 1. The van der Waals surface area contributed by atoms with E-state index in [0.29, 0.717) is 12.3 Å². The van der Waals surface area contributed by atoms with Crippen molar-refractivity contribution in [3.63, 3.8) is 0 Å². The van der Waals surface area contributed by atoms with Crippen LogP contribution in [-0.2, 0) is 11.2 Å². The van der Waals surface area contributed by atoms with E-state index in [1.807, 2.05) is 19.1 Å². The SMILES string of the molecule is Cc1cccnc1CC1(C(=O)O)CCC(C)CC1. The number of hydrogen-bond donors (Lipinski definition) is 1. The summed E-state index contributed by atoms with van der Waals surface area (Å²) in [5.41, 5.74) is 1.44. The predicted octanol–water partition coefficient (Wildman–Crippen LogP) is 3.21. The molecular formula is C15H21NO2. The summed E-state index contributed by atoms with van der Waals surface area (Å²) in [6.45, 7) is 4.21. The number of carbonyl (C=O) groups is 1. The van der Waals surface area contributed by atoms with Crippen LogP contribution >= 0.6 is 0 Å². The summed E-state index contributed by atoms with van der Waals surface area (Å²) in [5, 5.41) is 9.60. The molecule has 1 fully saturated rings. The average molecular weight is 247 g/mol. The van der Waals surface area contributed by atoms with Crippen LogP contribution in [0.15, 0.2) is 18.3 Å². The molecule has 0 bridgehead atoms. The largest absolute Gasteiger partial charge is 0.481 e. The molecular weight excluding hydrogens is 226 g/mol. The van der Waals surface area contributed by atoms with Crippen molar-refractivity contribution in [3.8, 4) is 0 Å². The van der Waals surface area contributed by atoms with Crippen LogP contribution in [0, 0.1) is 18.3 Å². The molecule has 1 N–H and O–H groups in total. The molecule has 1 aromatic heterocycles. The third kappa shape index (κ3) is 2.55. The van der Waals surface area contributed by atoms with Gasteiger partial charge < -0.3 is 5.11 Å². The first kappa shape index (κ1) is 13.1. The Bertz CT molecular complexity index is 434. The van der Waals surface area contributed by atoms with Crippen LogP contribution in [0.4, 0.5) is 0 Å². The fourth-order valence-electron chi connectivity index (χ4n) is 2.80. The molecule has 0 atom stereocenters. The van der Waals surface area contributed by atoms with Gasteiger partial charge in [0, 0.05) is 18.3 Å².